The molecule has 19 heavy (non-hydrogen) atoms. The Morgan fingerprint density at radius 2 is 1.95 bits per heavy atom. The highest BCUT2D eigenvalue weighted by Crippen LogP contribution is 2.24. The lowest BCUT2D eigenvalue weighted by Crippen LogP contribution is -2.16. The van der Waals surface area contributed by atoms with E-state index in [-0.39, 0.29) is 22.7 Å². The minimum absolute atomic E-state index is 0.0442. The largest absolute Gasteiger partial charge is 0.394 e. The van der Waals surface area contributed by atoms with Crippen LogP contribution in [0.3, 0.4) is 0 Å². The van der Waals surface area contributed by atoms with Gasteiger partial charge < -0.3 is 10.4 Å². The van der Waals surface area contributed by atoms with Gasteiger partial charge in [0.25, 0.3) is 0 Å². The third-order valence-electron chi connectivity index (χ3n) is 2.48. The van der Waals surface area contributed by atoms with Gasteiger partial charge in [-0.1, -0.05) is 23.7 Å². The summed E-state index contributed by atoms with van der Waals surface area (Å²) in [5.41, 5.74) is 0.703. The van der Waals surface area contributed by atoms with Crippen LogP contribution in [0.1, 0.15) is 11.6 Å². The number of aliphatic hydroxyl groups is 1. The summed E-state index contributed by atoms with van der Waals surface area (Å²) >= 11 is 11.6. The van der Waals surface area contributed by atoms with Crippen LogP contribution in [0.15, 0.2) is 30.5 Å². The molecule has 0 saturated heterocycles. The fourth-order valence-electron chi connectivity index (χ4n) is 1.54. The molecule has 4 nitrogen and oxygen atoms in total. The first-order valence-corrected chi connectivity index (χ1v) is 6.16. The van der Waals surface area contributed by atoms with E-state index in [0.29, 0.717) is 11.4 Å². The summed E-state index contributed by atoms with van der Waals surface area (Å²) < 4.78 is 12.9. The van der Waals surface area contributed by atoms with Gasteiger partial charge in [-0.15, -0.1) is 0 Å². The van der Waals surface area contributed by atoms with Gasteiger partial charge in [0.15, 0.2) is 0 Å². The second-order valence-corrected chi connectivity index (χ2v) is 4.51. The van der Waals surface area contributed by atoms with E-state index in [2.05, 4.69) is 15.3 Å². The molecule has 1 atom stereocenters. The molecule has 1 aromatic carbocycles. The summed E-state index contributed by atoms with van der Waals surface area (Å²) in [5, 5.41) is 12.7. The summed E-state index contributed by atoms with van der Waals surface area (Å²) in [5.74, 6) is -0.0337. The molecule has 100 valence electrons. The molecule has 0 amide bonds. The lowest BCUT2D eigenvalue weighted by atomic mass is 10.1. The molecule has 0 aliphatic heterocycles. The van der Waals surface area contributed by atoms with Crippen molar-refractivity contribution < 1.29 is 9.50 Å². The molecule has 1 unspecified atom stereocenters. The third-order valence-corrected chi connectivity index (χ3v) is 2.94. The second kappa shape index (κ2) is 6.14. The van der Waals surface area contributed by atoms with Gasteiger partial charge in [0.1, 0.15) is 16.7 Å². The highest BCUT2D eigenvalue weighted by atomic mass is 35.5. The monoisotopic (exact) mass is 301 g/mol. The van der Waals surface area contributed by atoms with Crippen LogP contribution < -0.4 is 5.32 Å². The molecular formula is C12H10Cl2FN3O. The number of anilines is 1. The highest BCUT2D eigenvalue weighted by molar-refractivity contribution is 6.33. The molecule has 2 aromatic rings. The van der Waals surface area contributed by atoms with Crippen molar-refractivity contribution in [2.75, 3.05) is 11.9 Å². The summed E-state index contributed by atoms with van der Waals surface area (Å²) in [7, 11) is 0. The van der Waals surface area contributed by atoms with Crippen molar-refractivity contribution in [2.24, 2.45) is 0 Å². The molecule has 1 aromatic heterocycles. The lowest BCUT2D eigenvalue weighted by Gasteiger charge is -2.18. The van der Waals surface area contributed by atoms with E-state index in [1.54, 1.807) is 12.1 Å². The molecule has 1 heterocycles. The van der Waals surface area contributed by atoms with E-state index in [0.717, 1.165) is 0 Å². The van der Waals surface area contributed by atoms with Gasteiger partial charge in [0.2, 0.25) is 5.28 Å². The fraction of sp³-hybridized carbons (Fsp3) is 0.167. The van der Waals surface area contributed by atoms with Crippen LogP contribution in [-0.4, -0.2) is 21.7 Å². The summed E-state index contributed by atoms with van der Waals surface area (Å²) in [6.45, 7) is -0.205. The Morgan fingerprint density at radius 3 is 2.58 bits per heavy atom. The Balaban J connectivity index is 2.23. The molecule has 0 aliphatic carbocycles. The number of aliphatic hydroxyl groups excluding tert-OH is 1. The topological polar surface area (TPSA) is 58.0 Å². The molecule has 0 radical (unpaired) electrons. The molecule has 0 bridgehead atoms. The Hall–Kier alpha value is -1.43. The number of hydrogen-bond donors (Lipinski definition) is 2. The van der Waals surface area contributed by atoms with Crippen molar-refractivity contribution in [3.8, 4) is 0 Å². The predicted molar refractivity (Wildman–Crippen MR) is 71.9 cm³/mol. The first-order chi connectivity index (χ1) is 9.10. The van der Waals surface area contributed by atoms with E-state index >= 15 is 0 Å². The Bertz CT molecular complexity index is 565. The number of aromatic nitrogens is 2. The van der Waals surface area contributed by atoms with Gasteiger partial charge in [0, 0.05) is 0 Å². The van der Waals surface area contributed by atoms with Crippen LogP contribution in [0.2, 0.25) is 10.3 Å². The smallest absolute Gasteiger partial charge is 0.224 e. The molecule has 0 saturated carbocycles. The van der Waals surface area contributed by atoms with Crippen LogP contribution >= 0.6 is 23.2 Å². The normalized spacial score (nSPS) is 12.2. The maximum absolute atomic E-state index is 12.9. The standard InChI is InChI=1S/C12H10Cl2FN3O/c13-9-5-16-12(14)18-11(9)17-10(6-19)7-1-3-8(15)4-2-7/h1-5,10,19H,6H2,(H,16,17,18). The highest BCUT2D eigenvalue weighted by Gasteiger charge is 2.13. The van der Waals surface area contributed by atoms with Crippen LogP contribution in [-0.2, 0) is 0 Å². The molecule has 7 heteroatoms. The first kappa shape index (κ1) is 14.0. The zero-order valence-electron chi connectivity index (χ0n) is 9.65. The van der Waals surface area contributed by atoms with E-state index < -0.39 is 6.04 Å². The van der Waals surface area contributed by atoms with Crippen molar-refractivity contribution in [3.63, 3.8) is 0 Å². The Labute approximate surface area is 119 Å². The summed E-state index contributed by atoms with van der Waals surface area (Å²) in [6.07, 6.45) is 1.36. The number of nitrogens with zero attached hydrogens (tertiary/aromatic N) is 2. The van der Waals surface area contributed by atoms with Crippen LogP contribution in [0, 0.1) is 5.82 Å². The minimum Gasteiger partial charge on any atom is -0.394 e. The van der Waals surface area contributed by atoms with Crippen molar-refractivity contribution >= 4 is 29.0 Å². The van der Waals surface area contributed by atoms with Crippen LogP contribution in [0.5, 0.6) is 0 Å². The number of halogens is 3. The summed E-state index contributed by atoms with van der Waals surface area (Å²) in [6, 6.07) is 5.30. The van der Waals surface area contributed by atoms with Crippen molar-refractivity contribution in [2.45, 2.75) is 6.04 Å². The quantitative estimate of drug-likeness (QED) is 0.852. The van der Waals surface area contributed by atoms with Gasteiger partial charge in [0.05, 0.1) is 18.8 Å². The maximum atomic E-state index is 12.9. The molecular weight excluding hydrogens is 292 g/mol. The molecule has 2 rings (SSSR count). The van der Waals surface area contributed by atoms with Gasteiger partial charge in [-0.05, 0) is 29.3 Å². The van der Waals surface area contributed by atoms with Crippen molar-refractivity contribution in [1.82, 2.24) is 9.97 Å². The van der Waals surface area contributed by atoms with Crippen LogP contribution in [0.4, 0.5) is 10.2 Å². The average Bonchev–Trinajstić information content (AvgIpc) is 2.41. The zero-order valence-corrected chi connectivity index (χ0v) is 11.2. The van der Waals surface area contributed by atoms with Gasteiger partial charge >= 0.3 is 0 Å². The fourth-order valence-corrected chi connectivity index (χ4v) is 1.82. The number of nitrogens with one attached hydrogen (secondary N) is 1. The molecule has 0 fully saturated rings. The average molecular weight is 302 g/mol. The van der Waals surface area contributed by atoms with E-state index in [4.69, 9.17) is 23.2 Å². The predicted octanol–water partition coefficient (Wildman–Crippen LogP) is 3.07. The lowest BCUT2D eigenvalue weighted by molar-refractivity contribution is 0.276. The van der Waals surface area contributed by atoms with Crippen molar-refractivity contribution in [3.05, 3.63) is 52.1 Å². The zero-order chi connectivity index (χ0) is 13.8. The number of rotatable bonds is 4. The second-order valence-electron chi connectivity index (χ2n) is 3.77. The third kappa shape index (κ3) is 3.53. The molecule has 2 N–H and O–H groups in total. The van der Waals surface area contributed by atoms with Gasteiger partial charge in [-0.2, -0.15) is 4.98 Å². The van der Waals surface area contributed by atoms with E-state index in [1.807, 2.05) is 0 Å². The van der Waals surface area contributed by atoms with E-state index in [9.17, 15) is 9.50 Å². The number of benzene rings is 1. The van der Waals surface area contributed by atoms with Gasteiger partial charge in [-0.3, -0.25) is 0 Å². The Kier molecular flexibility index (Phi) is 4.52. The maximum Gasteiger partial charge on any atom is 0.224 e. The Morgan fingerprint density at radius 1 is 1.26 bits per heavy atom. The summed E-state index contributed by atoms with van der Waals surface area (Å²) in [4.78, 5) is 7.66. The van der Waals surface area contributed by atoms with Gasteiger partial charge in [-0.25, -0.2) is 9.37 Å². The van der Waals surface area contributed by atoms with Crippen molar-refractivity contribution in [1.29, 1.82) is 0 Å². The van der Waals surface area contributed by atoms with Crippen LogP contribution in [0.25, 0.3) is 0 Å². The van der Waals surface area contributed by atoms with E-state index in [1.165, 1.54) is 18.3 Å². The number of hydrogen-bond acceptors (Lipinski definition) is 4. The molecule has 0 spiro atoms. The SMILES string of the molecule is OCC(Nc1nc(Cl)ncc1Cl)c1ccc(F)cc1. The minimum atomic E-state index is -0.468. The first-order valence-electron chi connectivity index (χ1n) is 5.41. The molecule has 0 aliphatic rings.